The fourth-order valence-corrected chi connectivity index (χ4v) is 3.50. The molecule has 0 aliphatic carbocycles. The van der Waals surface area contributed by atoms with Gasteiger partial charge in [-0.2, -0.15) is 0 Å². The number of anilines is 1. The number of aromatic nitrogens is 2. The van der Waals surface area contributed by atoms with Crippen LogP contribution in [0.3, 0.4) is 0 Å². The van der Waals surface area contributed by atoms with E-state index in [1.165, 1.54) is 5.56 Å². The minimum absolute atomic E-state index is 0.189. The topological polar surface area (TPSA) is 75.1 Å². The Bertz CT molecular complexity index is 749. The Morgan fingerprint density at radius 3 is 2.54 bits per heavy atom. The first-order valence-electron chi connectivity index (χ1n) is 8.42. The van der Waals surface area contributed by atoms with Crippen molar-refractivity contribution < 1.29 is 15.2 Å². The molecule has 2 aromatic rings. The summed E-state index contributed by atoms with van der Waals surface area (Å²) in [5.41, 5.74) is 9.43. The summed E-state index contributed by atoms with van der Waals surface area (Å²) in [5, 5.41) is 0. The van der Waals surface area contributed by atoms with Crippen LogP contribution in [0, 0.1) is 13.8 Å². The van der Waals surface area contributed by atoms with E-state index in [1.807, 2.05) is 13.8 Å². The Morgan fingerprint density at radius 1 is 1.12 bits per heavy atom. The van der Waals surface area contributed by atoms with Crippen molar-refractivity contribution in [2.45, 2.75) is 19.9 Å². The van der Waals surface area contributed by atoms with Crippen LogP contribution in [0.2, 0.25) is 0 Å². The van der Waals surface area contributed by atoms with Gasteiger partial charge in [-0.1, -0.05) is 12.1 Å². The van der Waals surface area contributed by atoms with Crippen LogP contribution in [0.4, 0.5) is 5.95 Å². The molecule has 6 nitrogen and oxygen atoms in total. The van der Waals surface area contributed by atoms with Crippen LogP contribution in [0.15, 0.2) is 18.2 Å². The van der Waals surface area contributed by atoms with Gasteiger partial charge in [-0.3, -0.25) is 0 Å². The lowest BCUT2D eigenvalue weighted by Gasteiger charge is -2.27. The molecule has 0 bridgehead atoms. The molecular weight excluding hydrogens is 304 g/mol. The molecular formula is C18H23N4O2+. The van der Waals surface area contributed by atoms with Crippen LogP contribution in [0.25, 0.3) is 11.1 Å². The zero-order chi connectivity index (χ0) is 16.7. The van der Waals surface area contributed by atoms with Crippen LogP contribution in [-0.2, 0) is 4.74 Å². The minimum Gasteiger partial charge on any atom is -0.486 e. The third kappa shape index (κ3) is 2.52. The minimum atomic E-state index is 0.189. The largest absolute Gasteiger partial charge is 0.486 e. The van der Waals surface area contributed by atoms with Gasteiger partial charge in [-0.25, -0.2) is 9.97 Å². The van der Waals surface area contributed by atoms with Crippen molar-refractivity contribution in [1.82, 2.24) is 9.97 Å². The molecule has 1 aromatic carbocycles. The maximum Gasteiger partial charge on any atom is 0.225 e. The normalized spacial score (nSPS) is 20.0. The SMILES string of the molecule is Cc1nc(N2CCOCC2)nc(C)c1-c1cccc2c1OC[C@H]2[NH3+]. The van der Waals surface area contributed by atoms with Crippen LogP contribution < -0.4 is 15.4 Å². The standard InChI is InChI=1S/C18H22N4O2/c1-11-16(14-5-3-4-13-15(19)10-24-17(13)14)12(2)21-18(20-11)22-6-8-23-9-7-22/h3-5,15H,6-10,19H2,1-2H3/p+1/t15-/m1/s1. The fourth-order valence-electron chi connectivity index (χ4n) is 3.50. The van der Waals surface area contributed by atoms with Gasteiger partial charge in [0.05, 0.1) is 30.2 Å². The number of ether oxygens (including phenoxy) is 2. The van der Waals surface area contributed by atoms with Crippen LogP contribution >= 0.6 is 0 Å². The molecule has 1 aromatic heterocycles. The summed E-state index contributed by atoms with van der Waals surface area (Å²) >= 11 is 0. The van der Waals surface area contributed by atoms with Gasteiger partial charge in [0.2, 0.25) is 5.95 Å². The second kappa shape index (κ2) is 6.03. The number of quaternary nitrogens is 1. The van der Waals surface area contributed by atoms with Crippen LogP contribution in [0.1, 0.15) is 23.0 Å². The van der Waals surface area contributed by atoms with E-state index in [0.717, 1.165) is 60.5 Å². The predicted octanol–water partition coefficient (Wildman–Crippen LogP) is 1.27. The lowest BCUT2D eigenvalue weighted by molar-refractivity contribution is -0.425. The van der Waals surface area contributed by atoms with E-state index in [1.54, 1.807) is 0 Å². The van der Waals surface area contributed by atoms with Crippen molar-refractivity contribution in [2.75, 3.05) is 37.8 Å². The number of hydrogen-bond donors (Lipinski definition) is 1. The summed E-state index contributed by atoms with van der Waals surface area (Å²) in [5.74, 6) is 1.73. The summed E-state index contributed by atoms with van der Waals surface area (Å²) in [6.07, 6.45) is 0. The lowest BCUT2D eigenvalue weighted by Crippen LogP contribution is -2.54. The first-order valence-corrected chi connectivity index (χ1v) is 8.42. The Kier molecular flexibility index (Phi) is 3.86. The molecule has 1 fully saturated rings. The molecule has 2 aliphatic rings. The van der Waals surface area contributed by atoms with E-state index in [-0.39, 0.29) is 6.04 Å². The number of benzene rings is 1. The van der Waals surface area contributed by atoms with Gasteiger partial charge in [0.1, 0.15) is 18.4 Å². The summed E-state index contributed by atoms with van der Waals surface area (Å²) in [7, 11) is 0. The first kappa shape index (κ1) is 15.4. The van der Waals surface area contributed by atoms with Gasteiger partial charge in [0.15, 0.2) is 0 Å². The summed E-state index contributed by atoms with van der Waals surface area (Å²) < 4.78 is 11.3. The third-order valence-corrected chi connectivity index (χ3v) is 4.74. The summed E-state index contributed by atoms with van der Waals surface area (Å²) in [6, 6.07) is 6.44. The highest BCUT2D eigenvalue weighted by atomic mass is 16.5. The molecule has 0 radical (unpaired) electrons. The monoisotopic (exact) mass is 327 g/mol. The van der Waals surface area contributed by atoms with E-state index in [0.29, 0.717) is 6.61 Å². The van der Waals surface area contributed by atoms with Crippen molar-refractivity contribution in [3.63, 3.8) is 0 Å². The van der Waals surface area contributed by atoms with E-state index in [9.17, 15) is 0 Å². The van der Waals surface area contributed by atoms with E-state index >= 15 is 0 Å². The number of fused-ring (bicyclic) bond motifs is 1. The Balaban J connectivity index is 1.77. The number of para-hydroxylation sites is 1. The molecule has 4 rings (SSSR count). The highest BCUT2D eigenvalue weighted by Crippen LogP contribution is 2.41. The van der Waals surface area contributed by atoms with Gasteiger partial charge < -0.3 is 20.1 Å². The van der Waals surface area contributed by atoms with Gasteiger partial charge in [0, 0.05) is 24.2 Å². The van der Waals surface area contributed by atoms with Gasteiger partial charge in [-0.05, 0) is 19.9 Å². The van der Waals surface area contributed by atoms with Crippen molar-refractivity contribution in [3.05, 3.63) is 35.2 Å². The Hall–Kier alpha value is -2.18. The highest BCUT2D eigenvalue weighted by molar-refractivity contribution is 5.76. The average Bonchev–Trinajstić information content (AvgIpc) is 2.97. The molecule has 24 heavy (non-hydrogen) atoms. The quantitative estimate of drug-likeness (QED) is 0.899. The van der Waals surface area contributed by atoms with E-state index in [4.69, 9.17) is 19.4 Å². The van der Waals surface area contributed by atoms with Crippen LogP contribution in [0.5, 0.6) is 5.75 Å². The number of rotatable bonds is 2. The third-order valence-electron chi connectivity index (χ3n) is 4.74. The second-order valence-corrected chi connectivity index (χ2v) is 6.40. The van der Waals surface area contributed by atoms with Crippen molar-refractivity contribution in [1.29, 1.82) is 0 Å². The molecule has 1 atom stereocenters. The van der Waals surface area contributed by atoms with Crippen LogP contribution in [-0.4, -0.2) is 42.9 Å². The molecule has 0 spiro atoms. The summed E-state index contributed by atoms with van der Waals surface area (Å²) in [4.78, 5) is 11.7. The van der Waals surface area contributed by atoms with Crippen molar-refractivity contribution in [3.8, 4) is 16.9 Å². The number of morpholine rings is 1. The molecule has 0 amide bonds. The Labute approximate surface area is 141 Å². The fraction of sp³-hybridized carbons (Fsp3) is 0.444. The van der Waals surface area contributed by atoms with E-state index in [2.05, 4.69) is 28.8 Å². The van der Waals surface area contributed by atoms with Gasteiger partial charge in [-0.15, -0.1) is 0 Å². The molecule has 2 aliphatic heterocycles. The van der Waals surface area contributed by atoms with Gasteiger partial charge in [0.25, 0.3) is 0 Å². The Morgan fingerprint density at radius 2 is 1.83 bits per heavy atom. The molecule has 3 N–H and O–H groups in total. The molecule has 6 heteroatoms. The molecule has 0 saturated carbocycles. The zero-order valence-electron chi connectivity index (χ0n) is 14.2. The number of aryl methyl sites for hydroxylation is 2. The summed E-state index contributed by atoms with van der Waals surface area (Å²) in [6.45, 7) is 7.86. The molecule has 126 valence electrons. The molecule has 0 unspecified atom stereocenters. The second-order valence-electron chi connectivity index (χ2n) is 6.40. The highest BCUT2D eigenvalue weighted by Gasteiger charge is 2.28. The molecule has 3 heterocycles. The van der Waals surface area contributed by atoms with E-state index < -0.39 is 0 Å². The zero-order valence-corrected chi connectivity index (χ0v) is 14.2. The van der Waals surface area contributed by atoms with Crippen molar-refractivity contribution >= 4 is 5.95 Å². The number of nitrogens with zero attached hydrogens (tertiary/aromatic N) is 3. The first-order chi connectivity index (χ1) is 11.6. The van der Waals surface area contributed by atoms with Crippen molar-refractivity contribution in [2.24, 2.45) is 0 Å². The molecule has 1 saturated heterocycles. The number of hydrogen-bond acceptors (Lipinski definition) is 5. The average molecular weight is 327 g/mol. The smallest absolute Gasteiger partial charge is 0.225 e. The maximum atomic E-state index is 5.91. The maximum absolute atomic E-state index is 5.91. The predicted molar refractivity (Wildman–Crippen MR) is 91.1 cm³/mol. The lowest BCUT2D eigenvalue weighted by atomic mass is 9.98. The van der Waals surface area contributed by atoms with Gasteiger partial charge >= 0.3 is 0 Å².